The highest BCUT2D eigenvalue weighted by atomic mass is 16.2. The molecule has 0 saturated heterocycles. The molecule has 0 spiro atoms. The Morgan fingerprint density at radius 3 is 2.13 bits per heavy atom. The van der Waals surface area contributed by atoms with Crippen molar-refractivity contribution in [1.29, 1.82) is 0 Å². The number of aromatic nitrogens is 1. The first-order chi connectivity index (χ1) is 11.3. The number of rotatable bonds is 4. The van der Waals surface area contributed by atoms with Crippen molar-refractivity contribution >= 4 is 11.7 Å². The van der Waals surface area contributed by atoms with Gasteiger partial charge < -0.3 is 10.6 Å². The number of carbonyl (C=O) groups excluding carboxylic acids is 1. The molecule has 2 N–H and O–H groups in total. The average molecular weight is 303 g/mol. The van der Waals surface area contributed by atoms with Gasteiger partial charge in [-0.05, 0) is 29.8 Å². The number of benzene rings is 2. The van der Waals surface area contributed by atoms with Crippen molar-refractivity contribution < 1.29 is 4.79 Å². The van der Waals surface area contributed by atoms with Crippen molar-refractivity contribution in [2.24, 2.45) is 0 Å². The SMILES string of the molecule is O=C(Nc1ccccc1)N[C@@H](c1ccccc1)c1ccccn1. The minimum atomic E-state index is -0.305. The molecule has 2 amide bonds. The van der Waals surface area contributed by atoms with Crippen LogP contribution >= 0.6 is 0 Å². The molecule has 3 rings (SSSR count). The second-order valence-electron chi connectivity index (χ2n) is 5.06. The number of pyridine rings is 1. The summed E-state index contributed by atoms with van der Waals surface area (Å²) in [6.07, 6.45) is 1.72. The molecule has 3 aromatic rings. The Kier molecular flexibility index (Phi) is 4.64. The summed E-state index contributed by atoms with van der Waals surface area (Å²) in [4.78, 5) is 16.7. The van der Waals surface area contributed by atoms with Gasteiger partial charge in [-0.25, -0.2) is 4.79 Å². The fourth-order valence-corrected chi connectivity index (χ4v) is 2.34. The van der Waals surface area contributed by atoms with E-state index in [1.165, 1.54) is 0 Å². The largest absolute Gasteiger partial charge is 0.325 e. The minimum Gasteiger partial charge on any atom is -0.325 e. The fourth-order valence-electron chi connectivity index (χ4n) is 2.34. The molecule has 0 aliphatic heterocycles. The average Bonchev–Trinajstić information content (AvgIpc) is 2.62. The summed E-state index contributed by atoms with van der Waals surface area (Å²) in [5.74, 6) is 0. The van der Waals surface area contributed by atoms with E-state index in [2.05, 4.69) is 15.6 Å². The molecule has 0 aliphatic carbocycles. The number of urea groups is 1. The highest BCUT2D eigenvalue weighted by molar-refractivity contribution is 5.89. The molecule has 0 aliphatic rings. The lowest BCUT2D eigenvalue weighted by molar-refractivity contribution is 0.250. The van der Waals surface area contributed by atoms with Crippen LogP contribution in [0.15, 0.2) is 85.1 Å². The third-order valence-electron chi connectivity index (χ3n) is 3.42. The number of nitrogens with zero attached hydrogens (tertiary/aromatic N) is 1. The van der Waals surface area contributed by atoms with Crippen LogP contribution in [0, 0.1) is 0 Å². The van der Waals surface area contributed by atoms with Gasteiger partial charge in [-0.1, -0.05) is 54.6 Å². The predicted molar refractivity (Wildman–Crippen MR) is 91.1 cm³/mol. The Morgan fingerprint density at radius 2 is 1.48 bits per heavy atom. The van der Waals surface area contributed by atoms with Gasteiger partial charge in [0.2, 0.25) is 0 Å². The van der Waals surface area contributed by atoms with Gasteiger partial charge in [0.15, 0.2) is 0 Å². The summed E-state index contributed by atoms with van der Waals surface area (Å²) in [5.41, 5.74) is 2.52. The van der Waals surface area contributed by atoms with Crippen LogP contribution in [-0.4, -0.2) is 11.0 Å². The molecular formula is C19H17N3O. The highest BCUT2D eigenvalue weighted by Gasteiger charge is 2.17. The molecule has 0 radical (unpaired) electrons. The summed E-state index contributed by atoms with van der Waals surface area (Å²) < 4.78 is 0. The van der Waals surface area contributed by atoms with Gasteiger partial charge in [0.25, 0.3) is 0 Å². The van der Waals surface area contributed by atoms with E-state index in [4.69, 9.17) is 0 Å². The van der Waals surface area contributed by atoms with Crippen LogP contribution in [-0.2, 0) is 0 Å². The third kappa shape index (κ3) is 3.95. The van der Waals surface area contributed by atoms with Crippen molar-refractivity contribution in [3.05, 3.63) is 96.3 Å². The Morgan fingerprint density at radius 1 is 0.826 bits per heavy atom. The van der Waals surface area contributed by atoms with E-state index in [9.17, 15) is 4.79 Å². The molecule has 1 atom stereocenters. The highest BCUT2D eigenvalue weighted by Crippen LogP contribution is 2.20. The monoisotopic (exact) mass is 303 g/mol. The summed E-state index contributed by atoms with van der Waals surface area (Å²) in [5, 5.41) is 5.82. The predicted octanol–water partition coefficient (Wildman–Crippen LogP) is 3.99. The summed E-state index contributed by atoms with van der Waals surface area (Å²) in [6.45, 7) is 0. The molecule has 0 saturated carbocycles. The van der Waals surface area contributed by atoms with E-state index in [1.54, 1.807) is 6.20 Å². The second-order valence-corrected chi connectivity index (χ2v) is 5.06. The van der Waals surface area contributed by atoms with Gasteiger partial charge in [0.1, 0.15) is 0 Å². The van der Waals surface area contributed by atoms with Gasteiger partial charge in [-0.2, -0.15) is 0 Å². The van der Waals surface area contributed by atoms with E-state index in [0.29, 0.717) is 0 Å². The van der Waals surface area contributed by atoms with Crippen LogP contribution in [0.4, 0.5) is 10.5 Å². The number of nitrogens with one attached hydrogen (secondary N) is 2. The van der Waals surface area contributed by atoms with E-state index < -0.39 is 0 Å². The molecule has 4 nitrogen and oxygen atoms in total. The maximum absolute atomic E-state index is 12.3. The van der Waals surface area contributed by atoms with Crippen LogP contribution in [0.25, 0.3) is 0 Å². The number of carbonyl (C=O) groups is 1. The maximum atomic E-state index is 12.3. The van der Waals surface area contributed by atoms with Crippen LogP contribution in [0.1, 0.15) is 17.3 Å². The normalized spacial score (nSPS) is 11.5. The lowest BCUT2D eigenvalue weighted by atomic mass is 10.0. The number of amides is 2. The molecular weight excluding hydrogens is 286 g/mol. The second kappa shape index (κ2) is 7.22. The smallest absolute Gasteiger partial charge is 0.320 e. The zero-order valence-corrected chi connectivity index (χ0v) is 12.5. The molecule has 0 unspecified atom stereocenters. The van der Waals surface area contributed by atoms with Crippen molar-refractivity contribution in [2.75, 3.05) is 5.32 Å². The van der Waals surface area contributed by atoms with Crippen molar-refractivity contribution in [1.82, 2.24) is 10.3 Å². The summed E-state index contributed by atoms with van der Waals surface area (Å²) >= 11 is 0. The molecule has 1 heterocycles. The van der Waals surface area contributed by atoms with Crippen LogP contribution < -0.4 is 10.6 Å². The molecule has 0 bridgehead atoms. The molecule has 4 heteroatoms. The van der Waals surface area contributed by atoms with Gasteiger partial charge >= 0.3 is 6.03 Å². The van der Waals surface area contributed by atoms with Crippen LogP contribution in [0.5, 0.6) is 0 Å². The number of hydrogen-bond donors (Lipinski definition) is 2. The molecule has 0 fully saturated rings. The lowest BCUT2D eigenvalue weighted by Crippen LogP contribution is -2.33. The van der Waals surface area contributed by atoms with Crippen LogP contribution in [0.2, 0.25) is 0 Å². The zero-order valence-electron chi connectivity index (χ0n) is 12.5. The number of anilines is 1. The van der Waals surface area contributed by atoms with E-state index in [0.717, 1.165) is 16.9 Å². The van der Waals surface area contributed by atoms with E-state index in [1.807, 2.05) is 78.9 Å². The van der Waals surface area contributed by atoms with Crippen molar-refractivity contribution in [2.45, 2.75) is 6.04 Å². The lowest BCUT2D eigenvalue weighted by Gasteiger charge is -2.19. The van der Waals surface area contributed by atoms with Crippen molar-refractivity contribution in [3.63, 3.8) is 0 Å². The van der Waals surface area contributed by atoms with Gasteiger partial charge in [0, 0.05) is 11.9 Å². The Balaban J connectivity index is 1.81. The Labute approximate surface area is 135 Å². The van der Waals surface area contributed by atoms with E-state index in [-0.39, 0.29) is 12.1 Å². The van der Waals surface area contributed by atoms with Gasteiger partial charge in [-0.15, -0.1) is 0 Å². The van der Waals surface area contributed by atoms with Gasteiger partial charge in [0.05, 0.1) is 11.7 Å². The minimum absolute atomic E-state index is 0.268. The number of para-hydroxylation sites is 1. The Bertz CT molecular complexity index is 706. The fraction of sp³-hybridized carbons (Fsp3) is 0.0526. The first-order valence-corrected chi connectivity index (χ1v) is 7.41. The van der Waals surface area contributed by atoms with Gasteiger partial charge in [-0.3, -0.25) is 4.98 Å². The van der Waals surface area contributed by atoms with Crippen molar-refractivity contribution in [3.8, 4) is 0 Å². The zero-order chi connectivity index (χ0) is 15.9. The first-order valence-electron chi connectivity index (χ1n) is 7.41. The molecule has 2 aromatic carbocycles. The number of hydrogen-bond acceptors (Lipinski definition) is 2. The molecule has 114 valence electrons. The van der Waals surface area contributed by atoms with Crippen LogP contribution in [0.3, 0.4) is 0 Å². The van der Waals surface area contributed by atoms with E-state index >= 15 is 0 Å². The standard InChI is InChI=1S/C19H17N3O/c23-19(21-16-11-5-2-6-12-16)22-18(15-9-3-1-4-10-15)17-13-7-8-14-20-17/h1-14,18H,(H2,21,22,23)/t18-/m0/s1. The first kappa shape index (κ1) is 14.8. The molecule has 1 aromatic heterocycles. The topological polar surface area (TPSA) is 54.0 Å². The quantitative estimate of drug-likeness (QED) is 0.765. The summed E-state index contributed by atoms with van der Waals surface area (Å²) in [7, 11) is 0. The summed E-state index contributed by atoms with van der Waals surface area (Å²) in [6, 6.07) is 24.2. The Hall–Kier alpha value is -3.14. The maximum Gasteiger partial charge on any atom is 0.320 e. The molecule has 23 heavy (non-hydrogen) atoms. The third-order valence-corrected chi connectivity index (χ3v) is 3.42.